The van der Waals surface area contributed by atoms with Gasteiger partial charge in [-0.15, -0.1) is 11.3 Å². The molecule has 0 spiro atoms. The number of rotatable bonds is 6. The number of carbonyl (C=O) groups excluding carboxylic acids is 1. The van der Waals surface area contributed by atoms with Crippen LogP contribution in [0.5, 0.6) is 0 Å². The van der Waals surface area contributed by atoms with Gasteiger partial charge in [0.25, 0.3) is 5.91 Å². The number of benzene rings is 2. The van der Waals surface area contributed by atoms with E-state index in [-0.39, 0.29) is 10.8 Å². The zero-order valence-electron chi connectivity index (χ0n) is 13.5. The van der Waals surface area contributed by atoms with E-state index in [1.54, 1.807) is 11.0 Å². The van der Waals surface area contributed by atoms with Gasteiger partial charge in [0, 0.05) is 13.1 Å². The van der Waals surface area contributed by atoms with Crippen molar-refractivity contribution in [1.29, 1.82) is 0 Å². The summed E-state index contributed by atoms with van der Waals surface area (Å²) in [5.41, 5.74) is 2.06. The molecule has 0 fully saturated rings. The van der Waals surface area contributed by atoms with E-state index in [4.69, 9.17) is 5.11 Å². The molecule has 0 saturated heterocycles. The van der Waals surface area contributed by atoms with Gasteiger partial charge in [-0.3, -0.25) is 4.79 Å². The van der Waals surface area contributed by atoms with Crippen LogP contribution in [-0.2, 0) is 13.1 Å². The minimum Gasteiger partial charge on any atom is -0.477 e. The third kappa shape index (κ3) is 4.33. The van der Waals surface area contributed by atoms with Crippen molar-refractivity contribution in [3.8, 4) is 0 Å². The van der Waals surface area contributed by atoms with Crippen LogP contribution in [0.1, 0.15) is 30.5 Å². The molecule has 3 rings (SSSR count). The number of nitrogens with zero attached hydrogens (tertiary/aromatic N) is 1. The van der Waals surface area contributed by atoms with E-state index in [2.05, 4.69) is 0 Å². The Hall–Kier alpha value is -2.92. The standard InChI is InChI=1S/C20H17NO3S/c22-19(17-11-12-18(25-17)20(23)24)21(13-15-7-3-1-4-8-15)14-16-9-5-2-6-10-16/h1-12H,13-14H2,(H,23,24). The molecule has 4 nitrogen and oxygen atoms in total. The molecule has 0 aliphatic carbocycles. The number of hydrogen-bond donors (Lipinski definition) is 1. The molecule has 3 aromatic rings. The molecular formula is C20H17NO3S. The van der Waals surface area contributed by atoms with Crippen LogP contribution in [-0.4, -0.2) is 21.9 Å². The summed E-state index contributed by atoms with van der Waals surface area (Å²) in [6.45, 7) is 0.934. The summed E-state index contributed by atoms with van der Waals surface area (Å²) in [4.78, 5) is 26.3. The van der Waals surface area contributed by atoms with Crippen molar-refractivity contribution in [2.45, 2.75) is 13.1 Å². The summed E-state index contributed by atoms with van der Waals surface area (Å²) in [6, 6.07) is 22.6. The van der Waals surface area contributed by atoms with Crippen LogP contribution >= 0.6 is 11.3 Å². The van der Waals surface area contributed by atoms with E-state index in [1.165, 1.54) is 6.07 Å². The SMILES string of the molecule is O=C(O)c1ccc(C(=O)N(Cc2ccccc2)Cc2ccccc2)s1. The van der Waals surface area contributed by atoms with Crippen molar-refractivity contribution in [3.05, 3.63) is 93.7 Å². The first-order chi connectivity index (χ1) is 12.1. The third-order valence-corrected chi connectivity index (χ3v) is 4.81. The molecule has 126 valence electrons. The topological polar surface area (TPSA) is 57.6 Å². The Balaban J connectivity index is 1.86. The fourth-order valence-electron chi connectivity index (χ4n) is 2.53. The van der Waals surface area contributed by atoms with E-state index in [1.807, 2.05) is 60.7 Å². The van der Waals surface area contributed by atoms with Crippen molar-refractivity contribution in [2.24, 2.45) is 0 Å². The molecule has 1 aromatic heterocycles. The molecule has 0 aliphatic heterocycles. The van der Waals surface area contributed by atoms with Crippen LogP contribution in [0.15, 0.2) is 72.8 Å². The minimum atomic E-state index is -1.01. The fourth-order valence-corrected chi connectivity index (χ4v) is 3.34. The van der Waals surface area contributed by atoms with Crippen LogP contribution < -0.4 is 0 Å². The van der Waals surface area contributed by atoms with Gasteiger partial charge in [-0.25, -0.2) is 4.79 Å². The van der Waals surface area contributed by atoms with Crippen LogP contribution in [0, 0.1) is 0 Å². The van der Waals surface area contributed by atoms with Crippen molar-refractivity contribution in [3.63, 3.8) is 0 Å². The predicted octanol–water partition coefficient (Wildman–Crippen LogP) is 4.29. The molecule has 25 heavy (non-hydrogen) atoms. The smallest absolute Gasteiger partial charge is 0.345 e. The quantitative estimate of drug-likeness (QED) is 0.721. The first-order valence-corrected chi connectivity index (χ1v) is 8.65. The van der Waals surface area contributed by atoms with Crippen LogP contribution in [0.4, 0.5) is 0 Å². The lowest BCUT2D eigenvalue weighted by atomic mass is 10.1. The maximum absolute atomic E-state index is 12.9. The van der Waals surface area contributed by atoms with E-state index in [0.717, 1.165) is 22.5 Å². The van der Waals surface area contributed by atoms with Crippen molar-refractivity contribution in [2.75, 3.05) is 0 Å². The Morgan fingerprint density at radius 1 is 0.760 bits per heavy atom. The number of thiophene rings is 1. The van der Waals surface area contributed by atoms with Gasteiger partial charge < -0.3 is 10.0 Å². The summed E-state index contributed by atoms with van der Waals surface area (Å²) < 4.78 is 0. The van der Waals surface area contributed by atoms with Gasteiger partial charge in [0.15, 0.2) is 0 Å². The molecule has 1 heterocycles. The molecule has 1 N–H and O–H groups in total. The number of hydrogen-bond acceptors (Lipinski definition) is 3. The maximum Gasteiger partial charge on any atom is 0.345 e. The monoisotopic (exact) mass is 351 g/mol. The molecule has 0 bridgehead atoms. The molecule has 0 unspecified atom stereocenters. The molecule has 0 atom stereocenters. The molecule has 0 radical (unpaired) electrons. The Morgan fingerprint density at radius 2 is 1.24 bits per heavy atom. The van der Waals surface area contributed by atoms with Gasteiger partial charge in [-0.2, -0.15) is 0 Å². The first-order valence-electron chi connectivity index (χ1n) is 7.84. The molecule has 2 aromatic carbocycles. The average Bonchev–Trinajstić information content (AvgIpc) is 3.13. The van der Waals surface area contributed by atoms with Gasteiger partial charge in [0.05, 0.1) is 4.88 Å². The Morgan fingerprint density at radius 3 is 1.68 bits per heavy atom. The predicted molar refractivity (Wildman–Crippen MR) is 97.7 cm³/mol. The molecule has 0 saturated carbocycles. The van der Waals surface area contributed by atoms with Gasteiger partial charge in [-0.05, 0) is 23.3 Å². The highest BCUT2D eigenvalue weighted by Crippen LogP contribution is 2.21. The lowest BCUT2D eigenvalue weighted by Gasteiger charge is -2.22. The van der Waals surface area contributed by atoms with Gasteiger partial charge in [-0.1, -0.05) is 60.7 Å². The number of aromatic carboxylic acids is 1. The van der Waals surface area contributed by atoms with Crippen LogP contribution in [0.25, 0.3) is 0 Å². The van der Waals surface area contributed by atoms with Gasteiger partial charge in [0.2, 0.25) is 0 Å². The van der Waals surface area contributed by atoms with Crippen LogP contribution in [0.2, 0.25) is 0 Å². The zero-order chi connectivity index (χ0) is 17.6. The summed E-state index contributed by atoms with van der Waals surface area (Å²) in [7, 11) is 0. The van der Waals surface area contributed by atoms with Gasteiger partial charge >= 0.3 is 5.97 Å². The number of carboxylic acids is 1. The minimum absolute atomic E-state index is 0.162. The normalized spacial score (nSPS) is 10.4. The Bertz CT molecular complexity index is 817. The molecule has 0 aliphatic rings. The molecular weight excluding hydrogens is 334 g/mol. The summed E-state index contributed by atoms with van der Waals surface area (Å²) >= 11 is 1.01. The zero-order valence-corrected chi connectivity index (χ0v) is 14.3. The highest BCUT2D eigenvalue weighted by molar-refractivity contribution is 7.15. The highest BCUT2D eigenvalue weighted by atomic mass is 32.1. The Kier molecular flexibility index (Phi) is 5.26. The number of carboxylic acid groups (broad SMARTS) is 1. The van der Waals surface area contributed by atoms with Crippen molar-refractivity contribution >= 4 is 23.2 Å². The summed E-state index contributed by atoms with van der Waals surface area (Å²) in [5.74, 6) is -1.17. The lowest BCUT2D eigenvalue weighted by Crippen LogP contribution is -2.29. The van der Waals surface area contributed by atoms with E-state index in [0.29, 0.717) is 18.0 Å². The van der Waals surface area contributed by atoms with Crippen LogP contribution in [0.3, 0.4) is 0 Å². The lowest BCUT2D eigenvalue weighted by molar-refractivity contribution is 0.0701. The highest BCUT2D eigenvalue weighted by Gasteiger charge is 2.20. The largest absolute Gasteiger partial charge is 0.477 e. The molecule has 1 amide bonds. The average molecular weight is 351 g/mol. The second kappa shape index (κ2) is 7.77. The second-order valence-electron chi connectivity index (χ2n) is 5.60. The third-order valence-electron chi connectivity index (χ3n) is 3.75. The molecule has 5 heteroatoms. The van der Waals surface area contributed by atoms with E-state index >= 15 is 0 Å². The summed E-state index contributed by atoms with van der Waals surface area (Å²) in [6.07, 6.45) is 0. The van der Waals surface area contributed by atoms with Crippen molar-refractivity contribution in [1.82, 2.24) is 4.90 Å². The van der Waals surface area contributed by atoms with E-state index in [9.17, 15) is 9.59 Å². The first kappa shape index (κ1) is 16.9. The number of amides is 1. The fraction of sp³-hybridized carbons (Fsp3) is 0.100. The Labute approximate surface area is 150 Å². The van der Waals surface area contributed by atoms with Crippen molar-refractivity contribution < 1.29 is 14.7 Å². The number of carbonyl (C=O) groups is 2. The van der Waals surface area contributed by atoms with E-state index < -0.39 is 5.97 Å². The second-order valence-corrected chi connectivity index (χ2v) is 6.69. The van der Waals surface area contributed by atoms with Gasteiger partial charge in [0.1, 0.15) is 4.88 Å². The maximum atomic E-state index is 12.9. The summed E-state index contributed by atoms with van der Waals surface area (Å²) in [5, 5.41) is 9.07.